The molecule has 8 N–H and O–H groups in total. The molecular weight excluding hydrogens is 796 g/mol. The molecule has 336 valence electrons. The molecule has 16 heteroatoms. The highest BCUT2D eigenvalue weighted by atomic mass is 16.8. The fraction of sp³-hybridized carbons (Fsp3) is 0.511. The van der Waals surface area contributed by atoms with Crippen LogP contribution in [0.15, 0.2) is 96.7 Å². The summed E-state index contributed by atoms with van der Waals surface area (Å²) in [6, 6.07) is 2.26. The number of fused-ring (bicyclic) bond motifs is 2. The van der Waals surface area contributed by atoms with E-state index in [4.69, 9.17) is 28.4 Å². The number of hydrogen-bond donors (Lipinski definition) is 8. The van der Waals surface area contributed by atoms with Crippen LogP contribution in [0.5, 0.6) is 11.5 Å². The second-order valence-electron chi connectivity index (χ2n) is 15.1. The molecule has 0 aliphatic carbocycles. The molecule has 1 spiro atoms. The first kappa shape index (κ1) is 49.2. The van der Waals surface area contributed by atoms with E-state index in [1.54, 1.807) is 30.4 Å². The van der Waals surface area contributed by atoms with E-state index in [0.29, 0.717) is 5.92 Å². The number of ether oxygens (including phenoxy) is 6. The molecule has 3 aliphatic rings. The van der Waals surface area contributed by atoms with Crippen molar-refractivity contribution in [1.82, 2.24) is 0 Å². The van der Waals surface area contributed by atoms with Crippen molar-refractivity contribution in [2.45, 2.75) is 127 Å². The quantitative estimate of drug-likeness (QED) is 0.0566. The summed E-state index contributed by atoms with van der Waals surface area (Å²) in [4.78, 5) is 25.7. The van der Waals surface area contributed by atoms with Crippen LogP contribution in [0.25, 0.3) is 0 Å². The van der Waals surface area contributed by atoms with Crippen molar-refractivity contribution < 1.29 is 78.9 Å². The predicted molar refractivity (Wildman–Crippen MR) is 220 cm³/mol. The summed E-state index contributed by atoms with van der Waals surface area (Å²) in [5.41, 5.74) is 0.857. The minimum atomic E-state index is -2.27. The Morgan fingerprint density at radius 2 is 1.64 bits per heavy atom. The maximum Gasteiger partial charge on any atom is 0.331 e. The minimum Gasteiger partial charge on any atom is -0.508 e. The third-order valence-electron chi connectivity index (χ3n) is 10.6. The number of allylic oxidation sites excluding steroid dienone is 10. The van der Waals surface area contributed by atoms with Gasteiger partial charge in [0, 0.05) is 18.2 Å². The smallest absolute Gasteiger partial charge is 0.331 e. The van der Waals surface area contributed by atoms with Crippen molar-refractivity contribution in [2.24, 2.45) is 5.92 Å². The van der Waals surface area contributed by atoms with Gasteiger partial charge in [-0.25, -0.2) is 9.59 Å². The Balaban J connectivity index is 1.53. The Hall–Kier alpha value is -4.46. The fourth-order valence-electron chi connectivity index (χ4n) is 6.87. The molecule has 2 fully saturated rings. The van der Waals surface area contributed by atoms with E-state index in [0.717, 1.165) is 43.1 Å². The number of aliphatic hydroxyl groups is 6. The van der Waals surface area contributed by atoms with E-state index >= 15 is 0 Å². The zero-order valence-corrected chi connectivity index (χ0v) is 34.8. The van der Waals surface area contributed by atoms with Crippen LogP contribution in [0, 0.1) is 5.92 Å². The molecule has 0 radical (unpaired) electrons. The lowest BCUT2D eigenvalue weighted by atomic mass is 9.86. The maximum absolute atomic E-state index is 13.4. The second kappa shape index (κ2) is 23.7. The first-order chi connectivity index (χ1) is 29.2. The molecule has 61 heavy (non-hydrogen) atoms. The highest BCUT2D eigenvalue weighted by Gasteiger charge is 2.63. The van der Waals surface area contributed by atoms with Gasteiger partial charge in [-0.2, -0.15) is 0 Å². The van der Waals surface area contributed by atoms with Gasteiger partial charge in [0.05, 0.1) is 24.9 Å². The van der Waals surface area contributed by atoms with Gasteiger partial charge in [0.2, 0.25) is 5.79 Å². The number of aromatic hydroxyl groups is 2. The SMILES string of the molecule is C/C=C/C=C/C=C/C(=O)OCC1OC(OC2C(CO)OC3(OCc4cc(O)cc(O)c43)C(O)C2OC(=O)/C=C/C=C/CC(O)/C(C)=C/C=C/CCC(C)CC)C(O)C(O)C1O. The molecular formula is C45H60O16. The Bertz CT molecular complexity index is 1810. The normalized spacial score (nSPS) is 30.7. The Morgan fingerprint density at radius 3 is 2.36 bits per heavy atom. The van der Waals surface area contributed by atoms with Crippen molar-refractivity contribution in [2.75, 3.05) is 13.2 Å². The van der Waals surface area contributed by atoms with Gasteiger partial charge >= 0.3 is 11.9 Å². The Morgan fingerprint density at radius 1 is 0.918 bits per heavy atom. The van der Waals surface area contributed by atoms with Crippen LogP contribution in [0.2, 0.25) is 0 Å². The van der Waals surface area contributed by atoms with Gasteiger partial charge in [-0.1, -0.05) is 87.1 Å². The van der Waals surface area contributed by atoms with E-state index in [9.17, 15) is 50.4 Å². The Labute approximate surface area is 355 Å². The summed E-state index contributed by atoms with van der Waals surface area (Å²) < 4.78 is 34.6. The number of phenols is 2. The van der Waals surface area contributed by atoms with Crippen molar-refractivity contribution in [1.29, 1.82) is 0 Å². The lowest BCUT2D eigenvalue weighted by molar-refractivity contribution is -0.395. The van der Waals surface area contributed by atoms with E-state index in [2.05, 4.69) is 19.9 Å². The number of esters is 2. The number of carbonyl (C=O) groups is 2. The fourth-order valence-corrected chi connectivity index (χ4v) is 6.87. The zero-order valence-electron chi connectivity index (χ0n) is 34.8. The molecule has 3 aliphatic heterocycles. The first-order valence-electron chi connectivity index (χ1n) is 20.4. The average molecular weight is 857 g/mol. The van der Waals surface area contributed by atoms with Crippen LogP contribution in [0.1, 0.15) is 64.5 Å². The van der Waals surface area contributed by atoms with Crippen molar-refractivity contribution in [3.8, 4) is 11.5 Å². The van der Waals surface area contributed by atoms with Gasteiger partial charge in [-0.05, 0) is 56.2 Å². The van der Waals surface area contributed by atoms with Crippen LogP contribution in [0.3, 0.4) is 0 Å². The van der Waals surface area contributed by atoms with Crippen LogP contribution >= 0.6 is 0 Å². The third kappa shape index (κ3) is 13.0. The van der Waals surface area contributed by atoms with Gasteiger partial charge in [0.1, 0.15) is 54.7 Å². The van der Waals surface area contributed by atoms with Crippen molar-refractivity contribution in [3.63, 3.8) is 0 Å². The zero-order chi connectivity index (χ0) is 44.7. The number of carbonyl (C=O) groups excluding carboxylic acids is 2. The summed E-state index contributed by atoms with van der Waals surface area (Å²) in [5.74, 6) is -4.31. The number of hydrogen-bond acceptors (Lipinski definition) is 16. The predicted octanol–water partition coefficient (Wildman–Crippen LogP) is 3.06. The summed E-state index contributed by atoms with van der Waals surface area (Å²) in [6.45, 7) is 6.23. The number of aliphatic hydroxyl groups excluding tert-OH is 6. The van der Waals surface area contributed by atoms with Gasteiger partial charge in [-0.15, -0.1) is 0 Å². The van der Waals surface area contributed by atoms with Crippen molar-refractivity contribution >= 4 is 11.9 Å². The van der Waals surface area contributed by atoms with Gasteiger partial charge < -0.3 is 69.3 Å². The van der Waals surface area contributed by atoms with Crippen LogP contribution in [-0.4, -0.2) is 127 Å². The summed E-state index contributed by atoms with van der Waals surface area (Å²) in [6.07, 6.45) is 7.29. The molecule has 16 nitrogen and oxygen atoms in total. The van der Waals surface area contributed by atoms with Gasteiger partial charge in [-0.3, -0.25) is 0 Å². The average Bonchev–Trinajstić information content (AvgIpc) is 3.60. The van der Waals surface area contributed by atoms with E-state index in [-0.39, 0.29) is 29.9 Å². The maximum atomic E-state index is 13.4. The van der Waals surface area contributed by atoms with E-state index in [1.165, 1.54) is 24.3 Å². The van der Waals surface area contributed by atoms with E-state index in [1.807, 2.05) is 26.0 Å². The van der Waals surface area contributed by atoms with Crippen LogP contribution < -0.4 is 0 Å². The molecule has 2 saturated heterocycles. The Kier molecular flexibility index (Phi) is 19.1. The second-order valence-corrected chi connectivity index (χ2v) is 15.1. The molecule has 0 aromatic heterocycles. The molecule has 0 bridgehead atoms. The van der Waals surface area contributed by atoms with Gasteiger partial charge in [0.25, 0.3) is 0 Å². The highest BCUT2D eigenvalue weighted by Crippen LogP contribution is 2.51. The van der Waals surface area contributed by atoms with Crippen LogP contribution in [-0.2, 0) is 50.4 Å². The van der Waals surface area contributed by atoms with Gasteiger partial charge in [0.15, 0.2) is 18.5 Å². The number of benzene rings is 1. The van der Waals surface area contributed by atoms with E-state index < -0.39 is 97.9 Å². The minimum absolute atomic E-state index is 0.112. The standard InChI is InChI=1S/C45H60O16/c1-5-7-8-9-15-20-35(50)56-26-34-38(52)39(53)40(54)44(58-34)60-41-33(24-46)61-45(37-29(25-57-45)22-30(47)23-32(37)49)43(55)42(41)59-36(51)21-16-11-14-19-31(48)28(4)18-13-10-12-17-27(3)6-2/h5,7-11,13-16,18,20-23,27,31,33-34,38-44,46-49,52-55H,6,12,17,19,24-26H2,1-4H3/b7-5+,9-8+,13-10+,14-11+,20-15+,21-16+,28-18+. The molecule has 1 aromatic carbocycles. The summed E-state index contributed by atoms with van der Waals surface area (Å²) >= 11 is 0. The monoisotopic (exact) mass is 856 g/mol. The molecule has 12 atom stereocenters. The lowest BCUT2D eigenvalue weighted by Crippen LogP contribution is -2.67. The first-order valence-corrected chi connectivity index (χ1v) is 20.4. The lowest BCUT2D eigenvalue weighted by Gasteiger charge is -2.50. The number of phenolic OH excluding ortho intramolecular Hbond substituents is 2. The molecule has 1 aromatic rings. The van der Waals surface area contributed by atoms with Crippen LogP contribution in [0.4, 0.5) is 0 Å². The molecule has 4 rings (SSSR count). The molecule has 3 heterocycles. The van der Waals surface area contributed by atoms with Crippen molar-refractivity contribution in [3.05, 3.63) is 108 Å². The largest absolute Gasteiger partial charge is 0.508 e. The molecule has 0 saturated carbocycles. The topological polar surface area (TPSA) is 251 Å². The molecule has 0 amide bonds. The third-order valence-corrected chi connectivity index (χ3v) is 10.6. The molecule has 12 unspecified atom stereocenters. The summed E-state index contributed by atoms with van der Waals surface area (Å²) in [7, 11) is 0. The highest BCUT2D eigenvalue weighted by molar-refractivity contribution is 5.82. The summed E-state index contributed by atoms with van der Waals surface area (Å²) in [5, 5.41) is 86.5. The number of rotatable bonds is 19.